The fourth-order valence-electron chi connectivity index (χ4n) is 5.24. The summed E-state index contributed by atoms with van der Waals surface area (Å²) in [6.45, 7) is 4.38. The molecule has 0 spiro atoms. The number of likely N-dealkylation sites (tertiary alicyclic amines) is 1. The van der Waals surface area contributed by atoms with Gasteiger partial charge in [0.1, 0.15) is 0 Å². The number of aromatic nitrogens is 1. The van der Waals surface area contributed by atoms with Crippen LogP contribution in [0.2, 0.25) is 0 Å². The molecule has 30 heavy (non-hydrogen) atoms. The molecule has 4 nitrogen and oxygen atoms in total. The summed E-state index contributed by atoms with van der Waals surface area (Å²) in [5.74, 6) is 0. The van der Waals surface area contributed by atoms with Gasteiger partial charge >= 0.3 is 0 Å². The Hall–Kier alpha value is -2.11. The molecule has 0 amide bonds. The molecular formula is C25H30N2O2S. The Labute approximate surface area is 179 Å². The number of benzene rings is 2. The van der Waals surface area contributed by atoms with Crippen molar-refractivity contribution >= 4 is 20.9 Å². The Morgan fingerprint density at radius 1 is 0.900 bits per heavy atom. The summed E-state index contributed by atoms with van der Waals surface area (Å²) in [6.07, 6.45) is 10.4. The maximum atomic E-state index is 13.3. The number of hydrogen-bond acceptors (Lipinski definition) is 3. The zero-order chi connectivity index (χ0) is 20.7. The van der Waals surface area contributed by atoms with E-state index in [1.54, 1.807) is 18.3 Å². The average molecular weight is 423 g/mol. The molecule has 158 valence electrons. The van der Waals surface area contributed by atoms with Crippen molar-refractivity contribution in [3.8, 4) is 0 Å². The number of aryl methyl sites for hydroxylation is 2. The van der Waals surface area contributed by atoms with Gasteiger partial charge < -0.3 is 4.90 Å². The minimum absolute atomic E-state index is 0.339. The van der Waals surface area contributed by atoms with Gasteiger partial charge in [-0.05, 0) is 87.5 Å². The van der Waals surface area contributed by atoms with E-state index in [1.807, 2.05) is 31.2 Å². The van der Waals surface area contributed by atoms with Crippen LogP contribution in [-0.2, 0) is 22.9 Å². The average Bonchev–Trinajstić information content (AvgIpc) is 3.02. The lowest BCUT2D eigenvalue weighted by molar-refractivity contribution is 0.187. The van der Waals surface area contributed by atoms with Gasteiger partial charge in [-0.3, -0.25) is 0 Å². The van der Waals surface area contributed by atoms with E-state index in [2.05, 4.69) is 11.0 Å². The second-order valence-corrected chi connectivity index (χ2v) is 10.7. The van der Waals surface area contributed by atoms with E-state index in [0.29, 0.717) is 10.9 Å². The van der Waals surface area contributed by atoms with E-state index in [4.69, 9.17) is 0 Å². The Bertz CT molecular complexity index is 1150. The maximum absolute atomic E-state index is 13.3. The van der Waals surface area contributed by atoms with Crippen molar-refractivity contribution in [3.05, 3.63) is 65.4 Å². The minimum Gasteiger partial charge on any atom is -0.300 e. The number of nitrogens with zero attached hydrogens (tertiary/aromatic N) is 2. The van der Waals surface area contributed by atoms with Gasteiger partial charge in [-0.1, -0.05) is 36.6 Å². The maximum Gasteiger partial charge on any atom is 0.268 e. The molecule has 2 heterocycles. The lowest BCUT2D eigenvalue weighted by Crippen LogP contribution is -2.40. The molecule has 0 N–H and O–H groups in total. The molecule has 1 unspecified atom stereocenters. The number of hydrogen-bond donors (Lipinski definition) is 0. The summed E-state index contributed by atoms with van der Waals surface area (Å²) >= 11 is 0. The molecule has 1 atom stereocenters. The van der Waals surface area contributed by atoms with Crippen molar-refractivity contribution in [1.82, 2.24) is 8.87 Å². The Kier molecular flexibility index (Phi) is 5.19. The lowest BCUT2D eigenvalue weighted by Gasteiger charge is -2.34. The third-order valence-corrected chi connectivity index (χ3v) is 8.67. The molecule has 1 fully saturated rings. The largest absolute Gasteiger partial charge is 0.300 e. The predicted molar refractivity (Wildman–Crippen MR) is 122 cm³/mol. The normalized spacial score (nSPS) is 20.8. The molecule has 0 saturated carbocycles. The fraction of sp³-hybridized carbons (Fsp3) is 0.440. The first kappa shape index (κ1) is 19.8. The van der Waals surface area contributed by atoms with Gasteiger partial charge in [0.15, 0.2) is 0 Å². The van der Waals surface area contributed by atoms with Crippen LogP contribution >= 0.6 is 0 Å². The standard InChI is InChI=1S/C25H30N2O2S/c1-19-6-11-22(12-7-19)30(28,29)27-17-14-23-24-18-21(26-15-4-2-3-5-16-26)10-8-20(24)9-13-25(23)27/h6-7,9,11-14,17,21H,2-5,8,10,15-16,18H2,1H3. The molecule has 1 aromatic heterocycles. The van der Waals surface area contributed by atoms with Crippen LogP contribution in [0.25, 0.3) is 10.9 Å². The second-order valence-electron chi connectivity index (χ2n) is 8.91. The summed E-state index contributed by atoms with van der Waals surface area (Å²) in [4.78, 5) is 3.03. The molecule has 0 bridgehead atoms. The number of fused-ring (bicyclic) bond motifs is 3. The molecule has 1 aliphatic carbocycles. The van der Waals surface area contributed by atoms with Crippen LogP contribution in [0.5, 0.6) is 0 Å². The van der Waals surface area contributed by atoms with Crippen molar-refractivity contribution in [3.63, 3.8) is 0 Å². The Balaban J connectivity index is 1.52. The Morgan fingerprint density at radius 2 is 1.63 bits per heavy atom. The summed E-state index contributed by atoms with van der Waals surface area (Å²) in [7, 11) is -3.60. The lowest BCUT2D eigenvalue weighted by atomic mass is 9.85. The molecular weight excluding hydrogens is 392 g/mol. The van der Waals surface area contributed by atoms with Crippen LogP contribution in [0.3, 0.4) is 0 Å². The number of rotatable bonds is 3. The van der Waals surface area contributed by atoms with Crippen LogP contribution in [0.4, 0.5) is 0 Å². The third-order valence-electron chi connectivity index (χ3n) is 6.97. The van der Waals surface area contributed by atoms with Gasteiger partial charge in [0, 0.05) is 17.6 Å². The van der Waals surface area contributed by atoms with E-state index in [1.165, 1.54) is 60.3 Å². The predicted octanol–water partition coefficient (Wildman–Crippen LogP) is 4.92. The Morgan fingerprint density at radius 3 is 2.37 bits per heavy atom. The van der Waals surface area contributed by atoms with Gasteiger partial charge in [0.2, 0.25) is 0 Å². The first-order valence-corrected chi connectivity index (χ1v) is 12.7. The van der Waals surface area contributed by atoms with Gasteiger partial charge in [-0.25, -0.2) is 12.4 Å². The van der Waals surface area contributed by atoms with Gasteiger partial charge in [0.05, 0.1) is 10.4 Å². The molecule has 5 rings (SSSR count). The van der Waals surface area contributed by atoms with Crippen molar-refractivity contribution in [2.45, 2.75) is 62.8 Å². The zero-order valence-electron chi connectivity index (χ0n) is 17.7. The second kappa shape index (κ2) is 7.86. The molecule has 1 aliphatic heterocycles. The van der Waals surface area contributed by atoms with Crippen molar-refractivity contribution in [2.24, 2.45) is 0 Å². The smallest absolute Gasteiger partial charge is 0.268 e. The van der Waals surface area contributed by atoms with Crippen LogP contribution in [0.1, 0.15) is 48.8 Å². The van der Waals surface area contributed by atoms with E-state index in [9.17, 15) is 8.42 Å². The topological polar surface area (TPSA) is 42.3 Å². The summed E-state index contributed by atoms with van der Waals surface area (Å²) < 4.78 is 28.0. The molecule has 2 aliphatic rings. The first-order valence-electron chi connectivity index (χ1n) is 11.2. The van der Waals surface area contributed by atoms with Crippen molar-refractivity contribution < 1.29 is 8.42 Å². The molecule has 3 aromatic rings. The van der Waals surface area contributed by atoms with Crippen LogP contribution < -0.4 is 0 Å². The van der Waals surface area contributed by atoms with E-state index >= 15 is 0 Å². The highest BCUT2D eigenvalue weighted by molar-refractivity contribution is 7.90. The highest BCUT2D eigenvalue weighted by Crippen LogP contribution is 2.33. The van der Waals surface area contributed by atoms with Crippen LogP contribution in [-0.4, -0.2) is 36.4 Å². The zero-order valence-corrected chi connectivity index (χ0v) is 18.5. The highest BCUT2D eigenvalue weighted by Gasteiger charge is 2.27. The highest BCUT2D eigenvalue weighted by atomic mass is 32.2. The van der Waals surface area contributed by atoms with Gasteiger partial charge in [0.25, 0.3) is 10.0 Å². The fourth-order valence-corrected chi connectivity index (χ4v) is 6.58. The summed E-state index contributed by atoms with van der Waals surface area (Å²) in [5.41, 5.74) is 4.59. The third kappa shape index (κ3) is 3.48. The SMILES string of the molecule is Cc1ccc(S(=O)(=O)n2ccc3c4c(ccc32)CCC(N2CCCCCC2)C4)cc1. The summed E-state index contributed by atoms with van der Waals surface area (Å²) in [6, 6.07) is 13.8. The first-order chi connectivity index (χ1) is 14.5. The molecule has 1 saturated heterocycles. The molecule has 2 aromatic carbocycles. The van der Waals surface area contributed by atoms with E-state index in [0.717, 1.165) is 29.3 Å². The monoisotopic (exact) mass is 422 g/mol. The van der Waals surface area contributed by atoms with E-state index < -0.39 is 10.0 Å². The minimum atomic E-state index is -3.60. The quantitative estimate of drug-likeness (QED) is 0.602. The molecule has 0 radical (unpaired) electrons. The van der Waals surface area contributed by atoms with Gasteiger partial charge in [-0.15, -0.1) is 0 Å². The van der Waals surface area contributed by atoms with Crippen LogP contribution in [0.15, 0.2) is 53.6 Å². The van der Waals surface area contributed by atoms with Crippen molar-refractivity contribution in [1.29, 1.82) is 0 Å². The summed E-state index contributed by atoms with van der Waals surface area (Å²) in [5, 5.41) is 1.10. The van der Waals surface area contributed by atoms with E-state index in [-0.39, 0.29) is 0 Å². The van der Waals surface area contributed by atoms with Crippen molar-refractivity contribution in [2.75, 3.05) is 13.1 Å². The van der Waals surface area contributed by atoms with Crippen LogP contribution in [0, 0.1) is 6.92 Å². The van der Waals surface area contributed by atoms with Gasteiger partial charge in [-0.2, -0.15) is 0 Å². The molecule has 5 heteroatoms.